The number of hydrogen-bond donors (Lipinski definition) is 1. The first-order valence-corrected chi connectivity index (χ1v) is 9.39. The standard InChI is InChI=1S/C19H27N3O2S.2ClH/c1-13(2)18(20)8-9-22(4)19(23)15-6-5-7-17(10-15)24-11-16-12-25-14(3)21-16;;/h5-7,10,12-13,18H,8-9,11,20H2,1-4H3;2*1H. The van der Waals surface area contributed by atoms with E-state index in [1.807, 2.05) is 24.4 Å². The summed E-state index contributed by atoms with van der Waals surface area (Å²) in [5.74, 6) is 1.06. The van der Waals surface area contributed by atoms with Crippen LogP contribution in [0.1, 0.15) is 41.3 Å². The van der Waals surface area contributed by atoms with E-state index in [0.29, 0.717) is 30.4 Å². The third-order valence-corrected chi connectivity index (χ3v) is 4.96. The molecule has 27 heavy (non-hydrogen) atoms. The van der Waals surface area contributed by atoms with Gasteiger partial charge in [0.05, 0.1) is 10.7 Å². The van der Waals surface area contributed by atoms with Crippen molar-refractivity contribution in [2.45, 2.75) is 39.8 Å². The van der Waals surface area contributed by atoms with E-state index < -0.39 is 0 Å². The molecule has 1 aromatic heterocycles. The Bertz CT molecular complexity index is 710. The maximum absolute atomic E-state index is 12.6. The number of aromatic nitrogens is 1. The molecule has 0 fully saturated rings. The zero-order valence-corrected chi connectivity index (χ0v) is 18.6. The summed E-state index contributed by atoms with van der Waals surface area (Å²) in [6.45, 7) is 7.20. The van der Waals surface area contributed by atoms with Gasteiger partial charge in [-0.1, -0.05) is 19.9 Å². The monoisotopic (exact) mass is 433 g/mol. The minimum absolute atomic E-state index is 0. The molecule has 1 amide bonds. The highest BCUT2D eigenvalue weighted by Crippen LogP contribution is 2.17. The van der Waals surface area contributed by atoms with Gasteiger partial charge in [-0.25, -0.2) is 4.98 Å². The second-order valence-corrected chi connectivity index (χ2v) is 7.66. The van der Waals surface area contributed by atoms with Crippen molar-refractivity contribution < 1.29 is 9.53 Å². The van der Waals surface area contributed by atoms with Crippen molar-refractivity contribution in [2.24, 2.45) is 11.7 Å². The smallest absolute Gasteiger partial charge is 0.253 e. The van der Waals surface area contributed by atoms with Crippen molar-refractivity contribution in [3.05, 3.63) is 45.9 Å². The van der Waals surface area contributed by atoms with Gasteiger partial charge < -0.3 is 15.4 Å². The average molecular weight is 434 g/mol. The SMILES string of the molecule is Cc1nc(COc2cccc(C(=O)N(C)CCC(N)C(C)C)c2)cs1.Cl.Cl. The Morgan fingerprint density at radius 3 is 2.63 bits per heavy atom. The molecule has 0 aliphatic carbocycles. The summed E-state index contributed by atoms with van der Waals surface area (Å²) < 4.78 is 5.76. The third kappa shape index (κ3) is 8.05. The van der Waals surface area contributed by atoms with E-state index >= 15 is 0 Å². The molecule has 0 saturated heterocycles. The average Bonchev–Trinajstić information content (AvgIpc) is 3.02. The van der Waals surface area contributed by atoms with Crippen LogP contribution in [0.3, 0.4) is 0 Å². The predicted molar refractivity (Wildman–Crippen MR) is 117 cm³/mol. The lowest BCUT2D eigenvalue weighted by molar-refractivity contribution is 0.0788. The summed E-state index contributed by atoms with van der Waals surface area (Å²) in [6.07, 6.45) is 0.791. The summed E-state index contributed by atoms with van der Waals surface area (Å²) in [4.78, 5) is 18.7. The minimum Gasteiger partial charge on any atom is -0.487 e. The number of thiazole rings is 1. The van der Waals surface area contributed by atoms with Gasteiger partial charge in [-0.2, -0.15) is 0 Å². The number of nitrogens with zero attached hydrogens (tertiary/aromatic N) is 2. The summed E-state index contributed by atoms with van der Waals surface area (Å²) in [5.41, 5.74) is 7.58. The Balaban J connectivity index is 0.00000338. The molecule has 8 heteroatoms. The Labute approximate surface area is 178 Å². The Morgan fingerprint density at radius 1 is 1.33 bits per heavy atom. The molecule has 1 aromatic carbocycles. The normalized spacial score (nSPS) is 11.3. The second kappa shape index (κ2) is 12.2. The van der Waals surface area contributed by atoms with E-state index in [0.717, 1.165) is 17.1 Å². The van der Waals surface area contributed by atoms with Crippen LogP contribution in [0.15, 0.2) is 29.6 Å². The molecule has 1 atom stereocenters. The maximum atomic E-state index is 12.6. The van der Waals surface area contributed by atoms with Crippen molar-refractivity contribution >= 4 is 42.1 Å². The molecule has 0 aliphatic heterocycles. The molecule has 0 saturated carbocycles. The zero-order chi connectivity index (χ0) is 18.4. The van der Waals surface area contributed by atoms with Crippen molar-refractivity contribution in [2.75, 3.05) is 13.6 Å². The fourth-order valence-corrected chi connectivity index (χ4v) is 2.95. The Morgan fingerprint density at radius 2 is 2.04 bits per heavy atom. The van der Waals surface area contributed by atoms with E-state index in [1.54, 1.807) is 35.4 Å². The molecule has 152 valence electrons. The number of ether oxygens (including phenoxy) is 1. The fourth-order valence-electron chi connectivity index (χ4n) is 2.35. The molecule has 2 aromatic rings. The second-order valence-electron chi connectivity index (χ2n) is 6.60. The molecule has 2 N–H and O–H groups in total. The first-order chi connectivity index (χ1) is 11.9. The summed E-state index contributed by atoms with van der Waals surface area (Å²) in [5, 5.41) is 3.00. The van der Waals surface area contributed by atoms with Crippen molar-refractivity contribution in [3.8, 4) is 5.75 Å². The predicted octanol–water partition coefficient (Wildman–Crippen LogP) is 4.32. The lowest BCUT2D eigenvalue weighted by Crippen LogP contribution is -2.34. The Kier molecular flexibility index (Phi) is 11.6. The van der Waals surface area contributed by atoms with Gasteiger partial charge in [0.1, 0.15) is 12.4 Å². The first kappa shape index (κ1) is 25.7. The molecular weight excluding hydrogens is 405 g/mol. The number of hydrogen-bond acceptors (Lipinski definition) is 5. The van der Waals surface area contributed by atoms with Gasteiger partial charge in [-0.05, 0) is 37.5 Å². The van der Waals surface area contributed by atoms with E-state index in [4.69, 9.17) is 10.5 Å². The lowest BCUT2D eigenvalue weighted by Gasteiger charge is -2.21. The number of benzene rings is 1. The minimum atomic E-state index is -0.0223. The lowest BCUT2D eigenvalue weighted by atomic mass is 10.0. The maximum Gasteiger partial charge on any atom is 0.253 e. The van der Waals surface area contributed by atoms with Crippen LogP contribution in [-0.2, 0) is 6.61 Å². The molecule has 0 bridgehead atoms. The van der Waals surface area contributed by atoms with Crippen molar-refractivity contribution in [1.82, 2.24) is 9.88 Å². The summed E-state index contributed by atoms with van der Waals surface area (Å²) in [6, 6.07) is 7.38. The van der Waals surface area contributed by atoms with Gasteiger partial charge >= 0.3 is 0 Å². The number of halogens is 2. The van der Waals surface area contributed by atoms with Gasteiger partial charge in [0, 0.05) is 30.6 Å². The topological polar surface area (TPSA) is 68.5 Å². The summed E-state index contributed by atoms with van der Waals surface area (Å²) in [7, 11) is 1.81. The Hall–Kier alpha value is -1.34. The fraction of sp³-hybridized carbons (Fsp3) is 0.474. The van der Waals surface area contributed by atoms with Gasteiger partial charge in [0.2, 0.25) is 0 Å². The van der Waals surface area contributed by atoms with Gasteiger partial charge in [0.15, 0.2) is 0 Å². The van der Waals surface area contributed by atoms with Crippen LogP contribution in [-0.4, -0.2) is 35.4 Å². The number of rotatable bonds is 8. The van der Waals surface area contributed by atoms with Crippen LogP contribution >= 0.6 is 36.2 Å². The molecule has 0 aliphatic rings. The molecule has 5 nitrogen and oxygen atoms in total. The molecule has 0 radical (unpaired) electrons. The molecule has 2 rings (SSSR count). The third-order valence-electron chi connectivity index (χ3n) is 4.14. The number of amides is 1. The quantitative estimate of drug-likeness (QED) is 0.672. The van der Waals surface area contributed by atoms with Crippen LogP contribution in [0.25, 0.3) is 0 Å². The molecule has 1 heterocycles. The van der Waals surface area contributed by atoms with Crippen LogP contribution < -0.4 is 10.5 Å². The first-order valence-electron chi connectivity index (χ1n) is 8.51. The van der Waals surface area contributed by atoms with Crippen LogP contribution in [0.5, 0.6) is 5.75 Å². The zero-order valence-electron chi connectivity index (χ0n) is 16.2. The number of nitrogens with two attached hydrogens (primary N) is 1. The van der Waals surface area contributed by atoms with E-state index in [1.165, 1.54) is 0 Å². The van der Waals surface area contributed by atoms with E-state index in [9.17, 15) is 4.79 Å². The van der Waals surface area contributed by atoms with Gasteiger partial charge in [-0.3, -0.25) is 4.79 Å². The molecule has 1 unspecified atom stereocenters. The highest BCUT2D eigenvalue weighted by molar-refractivity contribution is 7.09. The van der Waals surface area contributed by atoms with Crippen LogP contribution in [0, 0.1) is 12.8 Å². The highest BCUT2D eigenvalue weighted by atomic mass is 35.5. The highest BCUT2D eigenvalue weighted by Gasteiger charge is 2.15. The van der Waals surface area contributed by atoms with Crippen LogP contribution in [0.4, 0.5) is 0 Å². The largest absolute Gasteiger partial charge is 0.487 e. The molecular formula is C19H29Cl2N3O2S. The van der Waals surface area contributed by atoms with E-state index in [-0.39, 0.29) is 36.8 Å². The van der Waals surface area contributed by atoms with Crippen LogP contribution in [0.2, 0.25) is 0 Å². The summed E-state index contributed by atoms with van der Waals surface area (Å²) >= 11 is 1.60. The van der Waals surface area contributed by atoms with Gasteiger partial charge in [0.25, 0.3) is 5.91 Å². The molecule has 0 spiro atoms. The number of carbonyl (C=O) groups excluding carboxylic acids is 1. The van der Waals surface area contributed by atoms with E-state index in [2.05, 4.69) is 18.8 Å². The number of carbonyl (C=O) groups is 1. The van der Waals surface area contributed by atoms with Gasteiger partial charge in [-0.15, -0.1) is 36.2 Å². The van der Waals surface area contributed by atoms with Crippen molar-refractivity contribution in [1.29, 1.82) is 0 Å². The van der Waals surface area contributed by atoms with Crippen molar-refractivity contribution in [3.63, 3.8) is 0 Å². The number of aryl methyl sites for hydroxylation is 1.